The third-order valence-corrected chi connectivity index (χ3v) is 4.89. The minimum absolute atomic E-state index is 0.154. The van der Waals surface area contributed by atoms with Crippen LogP contribution in [0.1, 0.15) is 12.0 Å². The molecule has 0 amide bonds. The predicted octanol–water partition coefficient (Wildman–Crippen LogP) is 2.65. The van der Waals surface area contributed by atoms with Gasteiger partial charge in [-0.25, -0.2) is 8.42 Å². The zero-order valence-corrected chi connectivity index (χ0v) is 12.9. The van der Waals surface area contributed by atoms with Crippen molar-refractivity contribution in [3.8, 4) is 11.5 Å². The van der Waals surface area contributed by atoms with E-state index in [0.29, 0.717) is 17.1 Å². The number of hydrogen-bond donors (Lipinski definition) is 0. The van der Waals surface area contributed by atoms with Crippen LogP contribution in [-0.2, 0) is 14.8 Å². The van der Waals surface area contributed by atoms with Crippen LogP contribution < -0.4 is 9.47 Å². The van der Waals surface area contributed by atoms with E-state index in [0.717, 1.165) is 17.9 Å². The minimum atomic E-state index is -3.62. The average Bonchev–Trinajstić information content (AvgIpc) is 2.80. The molecule has 1 unspecified atom stereocenters. The molecule has 1 heterocycles. The Morgan fingerprint density at radius 1 is 1.47 bits per heavy atom. The van der Waals surface area contributed by atoms with Crippen molar-refractivity contribution in [3.63, 3.8) is 0 Å². The highest BCUT2D eigenvalue weighted by Gasteiger charge is 2.21. The van der Waals surface area contributed by atoms with Gasteiger partial charge in [-0.05, 0) is 18.2 Å². The fourth-order valence-electron chi connectivity index (χ4n) is 1.97. The van der Waals surface area contributed by atoms with Gasteiger partial charge in [-0.15, -0.1) is 0 Å². The SMILES string of the molecule is COc1c(CS(=O)(=O)Cl)cccc1OC1CCSC1. The molecule has 0 saturated carbocycles. The number of benzene rings is 1. The van der Waals surface area contributed by atoms with Crippen LogP contribution in [-0.4, -0.2) is 33.1 Å². The van der Waals surface area contributed by atoms with Gasteiger partial charge in [0.2, 0.25) is 9.05 Å². The lowest BCUT2D eigenvalue weighted by molar-refractivity contribution is 0.218. The normalized spacial score (nSPS) is 19.4. The van der Waals surface area contributed by atoms with Crippen LogP contribution >= 0.6 is 22.4 Å². The molecule has 0 bridgehead atoms. The lowest BCUT2D eigenvalue weighted by Crippen LogP contribution is -2.15. The number of ether oxygens (including phenoxy) is 2. The second kappa shape index (κ2) is 6.24. The Bertz CT molecular complexity index is 539. The molecule has 7 heteroatoms. The fourth-order valence-corrected chi connectivity index (χ4v) is 4.02. The van der Waals surface area contributed by atoms with Gasteiger partial charge in [0.15, 0.2) is 11.5 Å². The highest BCUT2D eigenvalue weighted by Crippen LogP contribution is 2.35. The van der Waals surface area contributed by atoms with Crippen LogP contribution in [0, 0.1) is 0 Å². The maximum Gasteiger partial charge on any atom is 0.236 e. The van der Waals surface area contributed by atoms with E-state index >= 15 is 0 Å². The molecule has 106 valence electrons. The van der Waals surface area contributed by atoms with Gasteiger partial charge in [0, 0.05) is 22.0 Å². The van der Waals surface area contributed by atoms with Crippen molar-refractivity contribution in [1.82, 2.24) is 0 Å². The first kappa shape index (κ1) is 14.8. The number of halogens is 1. The highest BCUT2D eigenvalue weighted by atomic mass is 35.7. The number of para-hydroxylation sites is 1. The summed E-state index contributed by atoms with van der Waals surface area (Å²) in [5.41, 5.74) is 0.514. The first-order valence-corrected chi connectivity index (χ1v) is 9.45. The molecule has 1 atom stereocenters. The van der Waals surface area contributed by atoms with Gasteiger partial charge >= 0.3 is 0 Å². The molecule has 1 saturated heterocycles. The van der Waals surface area contributed by atoms with Crippen molar-refractivity contribution < 1.29 is 17.9 Å². The van der Waals surface area contributed by atoms with Crippen LogP contribution in [0.15, 0.2) is 18.2 Å². The maximum absolute atomic E-state index is 11.2. The molecule has 0 aromatic heterocycles. The second-order valence-electron chi connectivity index (χ2n) is 4.24. The Labute approximate surface area is 121 Å². The number of hydrogen-bond acceptors (Lipinski definition) is 5. The molecular weight excluding hydrogens is 308 g/mol. The Morgan fingerprint density at radius 2 is 2.26 bits per heavy atom. The highest BCUT2D eigenvalue weighted by molar-refractivity contribution is 8.13. The molecule has 0 aliphatic carbocycles. The van der Waals surface area contributed by atoms with Gasteiger partial charge in [-0.2, -0.15) is 11.8 Å². The topological polar surface area (TPSA) is 52.6 Å². The quantitative estimate of drug-likeness (QED) is 0.780. The zero-order valence-electron chi connectivity index (χ0n) is 10.5. The van der Waals surface area contributed by atoms with E-state index < -0.39 is 9.05 Å². The zero-order chi connectivity index (χ0) is 13.9. The average molecular weight is 323 g/mol. The van der Waals surface area contributed by atoms with Crippen LogP contribution in [0.25, 0.3) is 0 Å². The Balaban J connectivity index is 2.25. The van der Waals surface area contributed by atoms with E-state index in [1.54, 1.807) is 18.2 Å². The molecule has 1 aromatic carbocycles. The lowest BCUT2D eigenvalue weighted by atomic mass is 10.2. The summed E-state index contributed by atoms with van der Waals surface area (Å²) in [4.78, 5) is 0. The summed E-state index contributed by atoms with van der Waals surface area (Å²) >= 11 is 1.85. The number of rotatable bonds is 5. The Kier molecular flexibility index (Phi) is 4.86. The van der Waals surface area contributed by atoms with E-state index in [2.05, 4.69) is 0 Å². The largest absolute Gasteiger partial charge is 0.493 e. The van der Waals surface area contributed by atoms with E-state index in [-0.39, 0.29) is 11.9 Å². The summed E-state index contributed by atoms with van der Waals surface area (Å²) in [6.07, 6.45) is 1.15. The summed E-state index contributed by atoms with van der Waals surface area (Å²) in [5.74, 6) is 2.79. The summed E-state index contributed by atoms with van der Waals surface area (Å²) in [7, 11) is 3.17. The van der Waals surface area contributed by atoms with E-state index in [9.17, 15) is 8.42 Å². The van der Waals surface area contributed by atoms with Crippen molar-refractivity contribution >= 4 is 31.5 Å². The van der Waals surface area contributed by atoms with Crippen molar-refractivity contribution in [3.05, 3.63) is 23.8 Å². The maximum atomic E-state index is 11.2. The van der Waals surface area contributed by atoms with Crippen molar-refractivity contribution in [2.24, 2.45) is 0 Å². The molecule has 1 fully saturated rings. The summed E-state index contributed by atoms with van der Waals surface area (Å²) < 4.78 is 33.5. The third kappa shape index (κ3) is 4.19. The van der Waals surface area contributed by atoms with E-state index in [1.807, 2.05) is 11.8 Å². The Hall–Kier alpha value is -0.590. The first-order valence-electron chi connectivity index (χ1n) is 5.82. The molecule has 2 rings (SSSR count). The van der Waals surface area contributed by atoms with Gasteiger partial charge < -0.3 is 9.47 Å². The lowest BCUT2D eigenvalue weighted by Gasteiger charge is -2.17. The Morgan fingerprint density at radius 3 is 2.84 bits per heavy atom. The predicted molar refractivity (Wildman–Crippen MR) is 77.8 cm³/mol. The molecule has 1 aromatic rings. The first-order chi connectivity index (χ1) is 8.99. The molecule has 1 aliphatic rings. The van der Waals surface area contributed by atoms with E-state index in [1.165, 1.54) is 7.11 Å². The van der Waals surface area contributed by atoms with Crippen molar-refractivity contribution in [2.45, 2.75) is 18.3 Å². The van der Waals surface area contributed by atoms with Crippen LogP contribution in [0.2, 0.25) is 0 Å². The standard InChI is InChI=1S/C12H15ClO4S2/c1-16-12-9(8-19(13,14)15)3-2-4-11(12)17-10-5-6-18-7-10/h2-4,10H,5-8H2,1H3. The molecule has 1 aliphatic heterocycles. The third-order valence-electron chi connectivity index (χ3n) is 2.77. The van der Waals surface area contributed by atoms with Crippen molar-refractivity contribution in [1.29, 1.82) is 0 Å². The van der Waals surface area contributed by atoms with Crippen LogP contribution in [0.5, 0.6) is 11.5 Å². The van der Waals surface area contributed by atoms with Crippen molar-refractivity contribution in [2.75, 3.05) is 18.6 Å². The number of methoxy groups -OCH3 is 1. The molecular formula is C12H15ClO4S2. The van der Waals surface area contributed by atoms with E-state index in [4.69, 9.17) is 20.2 Å². The van der Waals surface area contributed by atoms with Crippen LogP contribution in [0.3, 0.4) is 0 Å². The molecule has 4 nitrogen and oxygen atoms in total. The van der Waals surface area contributed by atoms with Gasteiger partial charge in [-0.1, -0.05) is 12.1 Å². The van der Waals surface area contributed by atoms with Gasteiger partial charge in [0.1, 0.15) is 6.10 Å². The van der Waals surface area contributed by atoms with Gasteiger partial charge in [0.25, 0.3) is 0 Å². The summed E-state index contributed by atoms with van der Waals surface area (Å²) in [6, 6.07) is 5.21. The monoisotopic (exact) mass is 322 g/mol. The summed E-state index contributed by atoms with van der Waals surface area (Å²) in [5, 5.41) is 0. The molecule has 0 radical (unpaired) electrons. The minimum Gasteiger partial charge on any atom is -0.493 e. The molecule has 0 N–H and O–H groups in total. The fraction of sp³-hybridized carbons (Fsp3) is 0.500. The second-order valence-corrected chi connectivity index (χ2v) is 8.16. The molecule has 19 heavy (non-hydrogen) atoms. The van der Waals surface area contributed by atoms with Gasteiger partial charge in [-0.3, -0.25) is 0 Å². The van der Waals surface area contributed by atoms with Gasteiger partial charge in [0.05, 0.1) is 12.9 Å². The molecule has 0 spiro atoms. The smallest absolute Gasteiger partial charge is 0.236 e. The summed E-state index contributed by atoms with van der Waals surface area (Å²) in [6.45, 7) is 0. The number of thioether (sulfide) groups is 1. The van der Waals surface area contributed by atoms with Crippen LogP contribution in [0.4, 0.5) is 0 Å².